The van der Waals surface area contributed by atoms with Crippen molar-refractivity contribution in [3.63, 3.8) is 0 Å². The van der Waals surface area contributed by atoms with Crippen LogP contribution in [-0.2, 0) is 6.42 Å². The van der Waals surface area contributed by atoms with Gasteiger partial charge in [-0.15, -0.1) is 0 Å². The number of rotatable bonds is 4. The monoisotopic (exact) mass is 267 g/mol. The van der Waals surface area contributed by atoms with Crippen LogP contribution in [0, 0.1) is 5.41 Å². The first-order valence-electron chi connectivity index (χ1n) is 6.54. The Kier molecular flexibility index (Phi) is 3.80. The first kappa shape index (κ1) is 14.2. The summed E-state index contributed by atoms with van der Waals surface area (Å²) in [4.78, 5) is 15.1. The van der Waals surface area contributed by atoms with Crippen LogP contribution in [0.2, 0.25) is 0 Å². The normalized spacial score (nSPS) is 21.0. The van der Waals surface area contributed by atoms with Gasteiger partial charge in [0.1, 0.15) is 0 Å². The zero-order chi connectivity index (χ0) is 14.2. The van der Waals surface area contributed by atoms with Gasteiger partial charge < -0.3 is 20.3 Å². The Morgan fingerprint density at radius 1 is 1.37 bits per heavy atom. The highest BCUT2D eigenvalue weighted by atomic mass is 16.3. The number of fused-ring (bicyclic) bond motifs is 1. The molecule has 0 amide bonds. The van der Waals surface area contributed by atoms with Crippen molar-refractivity contribution >= 4 is 5.78 Å². The standard InChI is InChI=1S/C14H21NO4/c1-14(2)5-11-9(13(19)6-14)4-10(15-11)12(18)3-8(17)7-16/h4,8,12,15-18H,3,5-7H2,1-2H3. The van der Waals surface area contributed by atoms with Gasteiger partial charge in [-0.05, 0) is 17.9 Å². The van der Waals surface area contributed by atoms with Crippen molar-refractivity contribution in [1.82, 2.24) is 4.98 Å². The summed E-state index contributed by atoms with van der Waals surface area (Å²) >= 11 is 0. The van der Waals surface area contributed by atoms with E-state index >= 15 is 0 Å². The maximum atomic E-state index is 12.0. The molecule has 2 rings (SSSR count). The quantitative estimate of drug-likeness (QED) is 0.653. The van der Waals surface area contributed by atoms with Crippen molar-refractivity contribution in [3.05, 3.63) is 23.0 Å². The average molecular weight is 267 g/mol. The van der Waals surface area contributed by atoms with E-state index < -0.39 is 12.2 Å². The number of aromatic amines is 1. The molecule has 106 valence electrons. The first-order chi connectivity index (χ1) is 8.82. The van der Waals surface area contributed by atoms with Crippen molar-refractivity contribution in [2.45, 2.75) is 45.3 Å². The van der Waals surface area contributed by atoms with Gasteiger partial charge in [-0.3, -0.25) is 4.79 Å². The van der Waals surface area contributed by atoms with Gasteiger partial charge in [0.15, 0.2) is 5.78 Å². The summed E-state index contributed by atoms with van der Waals surface area (Å²) in [5.74, 6) is 0.0867. The summed E-state index contributed by atoms with van der Waals surface area (Å²) in [6, 6.07) is 1.67. The number of Topliss-reactive ketones (excluding diaryl/α,β-unsaturated/α-hetero) is 1. The molecule has 1 heterocycles. The van der Waals surface area contributed by atoms with E-state index in [1.54, 1.807) is 6.07 Å². The fraction of sp³-hybridized carbons (Fsp3) is 0.643. The van der Waals surface area contributed by atoms with E-state index in [0.29, 0.717) is 17.7 Å². The van der Waals surface area contributed by atoms with Crippen LogP contribution in [0.25, 0.3) is 0 Å². The molecule has 0 radical (unpaired) electrons. The molecule has 1 aliphatic carbocycles. The SMILES string of the molecule is CC1(C)CC(=O)c2cc(C(O)CC(O)CO)[nH]c2C1. The van der Waals surface area contributed by atoms with E-state index in [1.165, 1.54) is 0 Å². The van der Waals surface area contributed by atoms with E-state index in [2.05, 4.69) is 4.98 Å². The highest BCUT2D eigenvalue weighted by Crippen LogP contribution is 2.35. The van der Waals surface area contributed by atoms with Crippen LogP contribution in [0.1, 0.15) is 54.5 Å². The van der Waals surface area contributed by atoms with Crippen LogP contribution in [0.5, 0.6) is 0 Å². The minimum Gasteiger partial charge on any atom is -0.394 e. The predicted octanol–water partition coefficient (Wildman–Crippen LogP) is 0.947. The fourth-order valence-electron chi connectivity index (χ4n) is 2.62. The van der Waals surface area contributed by atoms with Gasteiger partial charge >= 0.3 is 0 Å². The number of carbonyl (C=O) groups is 1. The summed E-state index contributed by atoms with van der Waals surface area (Å²) < 4.78 is 0. The van der Waals surface area contributed by atoms with Crippen LogP contribution in [0.3, 0.4) is 0 Å². The molecule has 5 heteroatoms. The predicted molar refractivity (Wildman–Crippen MR) is 69.9 cm³/mol. The van der Waals surface area contributed by atoms with E-state index in [4.69, 9.17) is 5.11 Å². The van der Waals surface area contributed by atoms with Gasteiger partial charge in [0.05, 0.1) is 18.8 Å². The van der Waals surface area contributed by atoms with Gasteiger partial charge in [0, 0.05) is 29.8 Å². The highest BCUT2D eigenvalue weighted by molar-refractivity contribution is 5.99. The lowest BCUT2D eigenvalue weighted by Crippen LogP contribution is -2.26. The summed E-state index contributed by atoms with van der Waals surface area (Å²) in [5, 5.41) is 28.1. The summed E-state index contributed by atoms with van der Waals surface area (Å²) in [5.41, 5.74) is 1.96. The molecule has 0 aromatic carbocycles. The number of aliphatic hydroxyl groups is 3. The third kappa shape index (κ3) is 3.05. The molecule has 0 saturated heterocycles. The van der Waals surface area contributed by atoms with Gasteiger partial charge in [0.25, 0.3) is 0 Å². The van der Waals surface area contributed by atoms with E-state index in [-0.39, 0.29) is 24.2 Å². The second kappa shape index (κ2) is 5.07. The molecule has 0 fully saturated rings. The summed E-state index contributed by atoms with van der Waals surface area (Å²) in [6.45, 7) is 3.70. The van der Waals surface area contributed by atoms with Gasteiger partial charge in [0.2, 0.25) is 0 Å². The van der Waals surface area contributed by atoms with Gasteiger partial charge in [-0.2, -0.15) is 0 Å². The van der Waals surface area contributed by atoms with Crippen LogP contribution in [0.15, 0.2) is 6.07 Å². The number of hydrogen-bond donors (Lipinski definition) is 4. The Morgan fingerprint density at radius 2 is 2.05 bits per heavy atom. The molecule has 5 nitrogen and oxygen atoms in total. The minimum absolute atomic E-state index is 0.0491. The molecule has 19 heavy (non-hydrogen) atoms. The summed E-state index contributed by atoms with van der Waals surface area (Å²) in [6.07, 6.45) is -0.533. The molecule has 0 bridgehead atoms. The number of hydrogen-bond acceptors (Lipinski definition) is 4. The molecular weight excluding hydrogens is 246 g/mol. The molecule has 2 unspecified atom stereocenters. The maximum absolute atomic E-state index is 12.0. The Hall–Kier alpha value is -1.17. The zero-order valence-electron chi connectivity index (χ0n) is 11.3. The lowest BCUT2D eigenvalue weighted by molar-refractivity contribution is 0.0400. The molecule has 1 aromatic rings. The number of H-pyrrole nitrogens is 1. The molecule has 1 aromatic heterocycles. The van der Waals surface area contributed by atoms with Crippen LogP contribution >= 0.6 is 0 Å². The van der Waals surface area contributed by atoms with Crippen molar-refractivity contribution in [2.24, 2.45) is 5.41 Å². The van der Waals surface area contributed by atoms with Crippen LogP contribution in [0.4, 0.5) is 0 Å². The topological polar surface area (TPSA) is 93.6 Å². The third-order valence-electron chi connectivity index (χ3n) is 3.58. The largest absolute Gasteiger partial charge is 0.394 e. The number of aromatic nitrogens is 1. The average Bonchev–Trinajstić information content (AvgIpc) is 2.71. The number of aliphatic hydroxyl groups excluding tert-OH is 3. The second-order valence-electron chi connectivity index (χ2n) is 6.15. The molecule has 0 spiro atoms. The van der Waals surface area contributed by atoms with Gasteiger partial charge in [-0.25, -0.2) is 0 Å². The van der Waals surface area contributed by atoms with Crippen LogP contribution in [-0.4, -0.2) is 38.8 Å². The van der Waals surface area contributed by atoms with Crippen molar-refractivity contribution in [2.75, 3.05) is 6.61 Å². The Balaban J connectivity index is 2.21. The molecular formula is C14H21NO4. The van der Waals surface area contributed by atoms with Gasteiger partial charge in [-0.1, -0.05) is 13.8 Å². The number of nitrogens with one attached hydrogen (secondary N) is 1. The first-order valence-corrected chi connectivity index (χ1v) is 6.54. The van der Waals surface area contributed by atoms with Crippen molar-refractivity contribution in [1.29, 1.82) is 0 Å². The minimum atomic E-state index is -0.956. The third-order valence-corrected chi connectivity index (χ3v) is 3.58. The molecule has 0 saturated carbocycles. The van der Waals surface area contributed by atoms with E-state index in [0.717, 1.165) is 12.1 Å². The molecule has 1 aliphatic rings. The maximum Gasteiger partial charge on any atom is 0.165 e. The smallest absolute Gasteiger partial charge is 0.165 e. The fourth-order valence-corrected chi connectivity index (χ4v) is 2.62. The summed E-state index contributed by atoms with van der Waals surface area (Å²) in [7, 11) is 0. The zero-order valence-corrected chi connectivity index (χ0v) is 11.3. The Bertz CT molecular complexity index is 478. The highest BCUT2D eigenvalue weighted by Gasteiger charge is 2.33. The van der Waals surface area contributed by atoms with E-state index in [1.807, 2.05) is 13.8 Å². The Labute approximate surface area is 112 Å². The molecule has 2 atom stereocenters. The lowest BCUT2D eigenvalue weighted by Gasteiger charge is -2.27. The van der Waals surface area contributed by atoms with Crippen molar-refractivity contribution < 1.29 is 20.1 Å². The van der Waals surface area contributed by atoms with Crippen LogP contribution < -0.4 is 0 Å². The van der Waals surface area contributed by atoms with E-state index in [9.17, 15) is 15.0 Å². The number of ketones is 1. The Morgan fingerprint density at radius 3 is 2.68 bits per heavy atom. The molecule has 4 N–H and O–H groups in total. The number of carbonyl (C=O) groups excluding carboxylic acids is 1. The van der Waals surface area contributed by atoms with Crippen molar-refractivity contribution in [3.8, 4) is 0 Å². The lowest BCUT2D eigenvalue weighted by atomic mass is 9.76. The second-order valence-corrected chi connectivity index (χ2v) is 6.15. The molecule has 0 aliphatic heterocycles.